The van der Waals surface area contributed by atoms with Gasteiger partial charge in [0.25, 0.3) is 0 Å². The van der Waals surface area contributed by atoms with Crippen LogP contribution >= 0.6 is 0 Å². The lowest BCUT2D eigenvalue weighted by Crippen LogP contribution is -2.56. The van der Waals surface area contributed by atoms with Gasteiger partial charge in [0.2, 0.25) is 0 Å². The summed E-state index contributed by atoms with van der Waals surface area (Å²) in [6.07, 6.45) is 12.8. The Hall–Kier alpha value is -1.15. The number of benzene rings is 1. The van der Waals surface area contributed by atoms with Crippen LogP contribution in [0.2, 0.25) is 0 Å². The number of Topliss-reactive ketones (excluding diaryl/α,β-unsaturated/α-hetero) is 1. The summed E-state index contributed by atoms with van der Waals surface area (Å²) in [6, 6.07) is 8.48. The van der Waals surface area contributed by atoms with Crippen LogP contribution in [0.4, 0.5) is 0 Å². The minimum absolute atomic E-state index is 0.185. The number of hydrogen-bond donors (Lipinski definition) is 0. The van der Waals surface area contributed by atoms with E-state index in [4.69, 9.17) is 4.74 Å². The van der Waals surface area contributed by atoms with Gasteiger partial charge in [-0.2, -0.15) is 0 Å². The molecule has 0 aromatic heterocycles. The molecule has 5 rings (SSSR count). The monoisotopic (exact) mass is 436 g/mol. The average Bonchev–Trinajstić information content (AvgIpc) is 3.16. The standard InChI is InChI=1S/C30H44O2/c1-5-21-6-8-22(9-7-21)28(31)27-13-12-25-24-11-10-23-18-20(2)14-17-30(23,19-32-4)26(24)15-16-29(25,27)3/h6-9,20,23-27H,5,10-19H2,1-4H3. The van der Waals surface area contributed by atoms with Crippen molar-refractivity contribution in [3.8, 4) is 0 Å². The normalized spacial score (nSPS) is 43.2. The SMILES string of the molecule is CCc1ccc(C(=O)C2CCC3C4CCC5CC(C)CCC5(COC)C4CCC23C)cc1. The second-order valence-electron chi connectivity index (χ2n) is 12.3. The molecule has 2 nitrogen and oxygen atoms in total. The van der Waals surface area contributed by atoms with Crippen LogP contribution in [0.25, 0.3) is 0 Å². The Kier molecular flexibility index (Phi) is 6.06. The van der Waals surface area contributed by atoms with E-state index in [9.17, 15) is 4.79 Å². The molecule has 0 aliphatic heterocycles. The first-order valence-corrected chi connectivity index (χ1v) is 13.5. The molecule has 4 fully saturated rings. The minimum atomic E-state index is 0.185. The topological polar surface area (TPSA) is 26.3 Å². The van der Waals surface area contributed by atoms with E-state index in [2.05, 4.69) is 45.0 Å². The number of ether oxygens (including phenoxy) is 1. The Morgan fingerprint density at radius 2 is 1.78 bits per heavy atom. The van der Waals surface area contributed by atoms with Crippen molar-refractivity contribution in [3.63, 3.8) is 0 Å². The number of carbonyl (C=O) groups excluding carboxylic acids is 1. The highest BCUT2D eigenvalue weighted by molar-refractivity contribution is 5.98. The lowest BCUT2D eigenvalue weighted by molar-refractivity contribution is -0.148. The van der Waals surface area contributed by atoms with Crippen molar-refractivity contribution in [2.45, 2.75) is 85.0 Å². The lowest BCUT2D eigenvalue weighted by Gasteiger charge is -2.61. The fraction of sp³-hybridized carbons (Fsp3) is 0.767. The second-order valence-corrected chi connectivity index (χ2v) is 12.3. The predicted molar refractivity (Wildman–Crippen MR) is 131 cm³/mol. The maximum atomic E-state index is 13.7. The first-order chi connectivity index (χ1) is 15.4. The molecular weight excluding hydrogens is 392 g/mol. The summed E-state index contributed by atoms with van der Waals surface area (Å²) < 4.78 is 5.94. The van der Waals surface area contributed by atoms with Crippen molar-refractivity contribution < 1.29 is 9.53 Å². The highest BCUT2D eigenvalue weighted by atomic mass is 16.5. The maximum Gasteiger partial charge on any atom is 0.166 e. The smallest absolute Gasteiger partial charge is 0.166 e. The third-order valence-electron chi connectivity index (χ3n) is 11.0. The van der Waals surface area contributed by atoms with E-state index < -0.39 is 0 Å². The van der Waals surface area contributed by atoms with Gasteiger partial charge in [0.15, 0.2) is 5.78 Å². The number of ketones is 1. The van der Waals surface area contributed by atoms with Crippen LogP contribution in [0.1, 0.15) is 94.5 Å². The van der Waals surface area contributed by atoms with E-state index in [0.717, 1.165) is 54.6 Å². The van der Waals surface area contributed by atoms with Gasteiger partial charge >= 0.3 is 0 Å². The molecule has 0 bridgehead atoms. The molecule has 32 heavy (non-hydrogen) atoms. The predicted octanol–water partition coefficient (Wildman–Crippen LogP) is 7.35. The average molecular weight is 437 g/mol. The highest BCUT2D eigenvalue weighted by Gasteiger charge is 2.62. The summed E-state index contributed by atoms with van der Waals surface area (Å²) in [5, 5.41) is 0. The molecule has 8 atom stereocenters. The fourth-order valence-corrected chi connectivity index (χ4v) is 9.35. The van der Waals surface area contributed by atoms with Crippen LogP contribution in [0.5, 0.6) is 0 Å². The Labute approximate surface area is 195 Å². The van der Waals surface area contributed by atoms with E-state index in [1.165, 1.54) is 56.9 Å². The molecule has 0 heterocycles. The number of aryl methyl sites for hydroxylation is 1. The summed E-state index contributed by atoms with van der Waals surface area (Å²) in [5.41, 5.74) is 2.85. The fourth-order valence-electron chi connectivity index (χ4n) is 9.35. The van der Waals surface area contributed by atoms with Crippen molar-refractivity contribution in [3.05, 3.63) is 35.4 Å². The molecule has 0 radical (unpaired) electrons. The number of methoxy groups -OCH3 is 1. The quantitative estimate of drug-likeness (QED) is 0.451. The molecule has 2 heteroatoms. The maximum absolute atomic E-state index is 13.7. The molecule has 176 valence electrons. The highest BCUT2D eigenvalue weighted by Crippen LogP contribution is 2.68. The van der Waals surface area contributed by atoms with E-state index in [1.54, 1.807) is 0 Å². The van der Waals surface area contributed by atoms with Gasteiger partial charge in [-0.3, -0.25) is 4.79 Å². The van der Waals surface area contributed by atoms with Crippen LogP contribution in [0.3, 0.4) is 0 Å². The number of rotatable bonds is 5. The molecule has 1 aromatic carbocycles. The molecule has 0 amide bonds. The Balaban J connectivity index is 1.40. The second kappa shape index (κ2) is 8.57. The molecule has 0 spiro atoms. The summed E-state index contributed by atoms with van der Waals surface area (Å²) in [6.45, 7) is 8.08. The van der Waals surface area contributed by atoms with Gasteiger partial charge in [0, 0.05) is 18.6 Å². The van der Waals surface area contributed by atoms with E-state index in [0.29, 0.717) is 11.2 Å². The van der Waals surface area contributed by atoms with Crippen LogP contribution in [-0.2, 0) is 11.2 Å². The molecule has 4 saturated carbocycles. The third kappa shape index (κ3) is 3.42. The zero-order chi connectivity index (χ0) is 22.5. The number of fused-ring (bicyclic) bond motifs is 5. The van der Waals surface area contributed by atoms with Crippen molar-refractivity contribution in [2.24, 2.45) is 46.3 Å². The van der Waals surface area contributed by atoms with Crippen molar-refractivity contribution in [1.29, 1.82) is 0 Å². The summed E-state index contributed by atoms with van der Waals surface area (Å²) in [5.74, 6) is 4.69. The van der Waals surface area contributed by atoms with Gasteiger partial charge in [-0.25, -0.2) is 0 Å². The summed E-state index contributed by atoms with van der Waals surface area (Å²) in [4.78, 5) is 13.7. The molecule has 0 N–H and O–H groups in total. The van der Waals surface area contributed by atoms with E-state index in [-0.39, 0.29) is 11.3 Å². The van der Waals surface area contributed by atoms with Gasteiger partial charge in [-0.1, -0.05) is 51.5 Å². The van der Waals surface area contributed by atoms with Crippen LogP contribution < -0.4 is 0 Å². The molecule has 1 aromatic rings. The molecule has 4 aliphatic carbocycles. The summed E-state index contributed by atoms with van der Waals surface area (Å²) in [7, 11) is 1.93. The minimum Gasteiger partial charge on any atom is -0.384 e. The molecule has 4 aliphatic rings. The van der Waals surface area contributed by atoms with Gasteiger partial charge in [-0.05, 0) is 104 Å². The Bertz CT molecular complexity index is 828. The van der Waals surface area contributed by atoms with Gasteiger partial charge in [0.05, 0.1) is 6.61 Å². The molecule has 0 saturated heterocycles. The zero-order valence-corrected chi connectivity index (χ0v) is 20.9. The Morgan fingerprint density at radius 1 is 1.00 bits per heavy atom. The molecule has 8 unspecified atom stereocenters. The first kappa shape index (κ1) is 22.6. The first-order valence-electron chi connectivity index (χ1n) is 13.5. The lowest BCUT2D eigenvalue weighted by atomic mass is 9.43. The van der Waals surface area contributed by atoms with E-state index >= 15 is 0 Å². The van der Waals surface area contributed by atoms with Crippen molar-refractivity contribution in [2.75, 3.05) is 13.7 Å². The number of carbonyl (C=O) groups is 1. The third-order valence-corrected chi connectivity index (χ3v) is 11.0. The molecular formula is C30H44O2. The zero-order valence-electron chi connectivity index (χ0n) is 20.9. The van der Waals surface area contributed by atoms with Crippen molar-refractivity contribution in [1.82, 2.24) is 0 Å². The van der Waals surface area contributed by atoms with Gasteiger partial charge < -0.3 is 4.74 Å². The summed E-state index contributed by atoms with van der Waals surface area (Å²) >= 11 is 0. The van der Waals surface area contributed by atoms with Crippen LogP contribution in [0.15, 0.2) is 24.3 Å². The largest absolute Gasteiger partial charge is 0.384 e. The number of hydrogen-bond acceptors (Lipinski definition) is 2. The van der Waals surface area contributed by atoms with Gasteiger partial charge in [0.1, 0.15) is 0 Å². The van der Waals surface area contributed by atoms with E-state index in [1.807, 2.05) is 7.11 Å². The van der Waals surface area contributed by atoms with Crippen molar-refractivity contribution >= 4 is 5.78 Å². The van der Waals surface area contributed by atoms with Crippen LogP contribution in [0, 0.1) is 46.3 Å². The van der Waals surface area contributed by atoms with Crippen LogP contribution in [-0.4, -0.2) is 19.5 Å². The van der Waals surface area contributed by atoms with Gasteiger partial charge in [-0.15, -0.1) is 0 Å². The Morgan fingerprint density at radius 3 is 2.50 bits per heavy atom.